The smallest absolute Gasteiger partial charge is 0.0900 e. The standard InChI is InChI=1S/C15H22N2S2/c1-9(8-14-7-6-10(2)18-14)16-11(3)15-12(4)17-13(5)19-15/h6-7,9,11,16H,8H2,1-5H3. The van der Waals surface area contributed by atoms with Crippen molar-refractivity contribution in [2.75, 3.05) is 0 Å². The van der Waals surface area contributed by atoms with E-state index in [4.69, 9.17) is 0 Å². The molecule has 2 aromatic rings. The molecule has 2 aromatic heterocycles. The van der Waals surface area contributed by atoms with Gasteiger partial charge in [-0.05, 0) is 53.2 Å². The fourth-order valence-electron chi connectivity index (χ4n) is 2.41. The van der Waals surface area contributed by atoms with Crippen LogP contribution < -0.4 is 5.32 Å². The molecule has 4 heteroatoms. The molecule has 0 fully saturated rings. The molecule has 0 spiro atoms. The van der Waals surface area contributed by atoms with E-state index >= 15 is 0 Å². The van der Waals surface area contributed by atoms with Crippen LogP contribution in [0.1, 0.15) is 45.2 Å². The third kappa shape index (κ3) is 3.88. The molecule has 2 rings (SSSR count). The fourth-order valence-corrected chi connectivity index (χ4v) is 4.36. The normalized spacial score (nSPS) is 14.6. The van der Waals surface area contributed by atoms with Crippen LogP contribution in [0.25, 0.3) is 0 Å². The van der Waals surface area contributed by atoms with Crippen molar-refractivity contribution in [3.63, 3.8) is 0 Å². The summed E-state index contributed by atoms with van der Waals surface area (Å²) in [5, 5.41) is 4.84. The van der Waals surface area contributed by atoms with Gasteiger partial charge in [0.15, 0.2) is 0 Å². The Morgan fingerprint density at radius 1 is 1.16 bits per heavy atom. The van der Waals surface area contributed by atoms with Crippen LogP contribution in [-0.2, 0) is 6.42 Å². The lowest BCUT2D eigenvalue weighted by molar-refractivity contribution is 0.482. The zero-order valence-electron chi connectivity index (χ0n) is 12.3. The van der Waals surface area contributed by atoms with Gasteiger partial charge in [-0.15, -0.1) is 22.7 Å². The van der Waals surface area contributed by atoms with Crippen LogP contribution >= 0.6 is 22.7 Å². The van der Waals surface area contributed by atoms with Crippen LogP contribution in [-0.4, -0.2) is 11.0 Å². The minimum absolute atomic E-state index is 0.377. The zero-order chi connectivity index (χ0) is 14.0. The van der Waals surface area contributed by atoms with Crippen LogP contribution in [0.4, 0.5) is 0 Å². The Kier molecular flexibility index (Phi) is 4.76. The topological polar surface area (TPSA) is 24.9 Å². The highest BCUT2D eigenvalue weighted by Gasteiger charge is 2.15. The first-order valence-corrected chi connectivity index (χ1v) is 8.34. The number of hydrogen-bond donors (Lipinski definition) is 1. The predicted octanol–water partition coefficient (Wildman–Crippen LogP) is 4.41. The van der Waals surface area contributed by atoms with Crippen molar-refractivity contribution in [3.8, 4) is 0 Å². The number of thiazole rings is 1. The average molecular weight is 294 g/mol. The summed E-state index contributed by atoms with van der Waals surface area (Å²) in [6.07, 6.45) is 1.10. The highest BCUT2D eigenvalue weighted by Crippen LogP contribution is 2.25. The molecule has 0 bridgehead atoms. The lowest BCUT2D eigenvalue weighted by atomic mass is 10.1. The maximum atomic E-state index is 4.51. The summed E-state index contributed by atoms with van der Waals surface area (Å²) >= 11 is 3.70. The summed E-state index contributed by atoms with van der Waals surface area (Å²) in [4.78, 5) is 8.73. The molecule has 0 aromatic carbocycles. The first-order valence-electron chi connectivity index (χ1n) is 6.71. The lowest BCUT2D eigenvalue weighted by Gasteiger charge is -2.19. The van der Waals surface area contributed by atoms with Gasteiger partial charge < -0.3 is 5.32 Å². The van der Waals surface area contributed by atoms with E-state index in [9.17, 15) is 0 Å². The second-order valence-corrected chi connectivity index (χ2v) is 7.80. The fraction of sp³-hybridized carbons (Fsp3) is 0.533. The molecule has 0 radical (unpaired) electrons. The third-order valence-electron chi connectivity index (χ3n) is 3.17. The Bertz CT molecular complexity index is 542. The van der Waals surface area contributed by atoms with E-state index in [0.29, 0.717) is 12.1 Å². The van der Waals surface area contributed by atoms with Crippen molar-refractivity contribution in [2.24, 2.45) is 0 Å². The quantitative estimate of drug-likeness (QED) is 0.883. The lowest BCUT2D eigenvalue weighted by Crippen LogP contribution is -2.30. The maximum Gasteiger partial charge on any atom is 0.0900 e. The first kappa shape index (κ1) is 14.7. The molecule has 0 aliphatic carbocycles. The van der Waals surface area contributed by atoms with E-state index in [1.54, 1.807) is 11.3 Å². The van der Waals surface area contributed by atoms with Gasteiger partial charge in [0.2, 0.25) is 0 Å². The Morgan fingerprint density at radius 3 is 2.42 bits per heavy atom. The monoisotopic (exact) mass is 294 g/mol. The molecule has 2 atom stereocenters. The SMILES string of the molecule is Cc1ccc(CC(C)NC(C)c2sc(C)nc2C)s1. The predicted molar refractivity (Wildman–Crippen MR) is 85.4 cm³/mol. The minimum atomic E-state index is 0.377. The van der Waals surface area contributed by atoms with E-state index in [2.05, 4.69) is 57.1 Å². The summed E-state index contributed by atoms with van der Waals surface area (Å²) in [7, 11) is 0. The van der Waals surface area contributed by atoms with Crippen LogP contribution in [0.5, 0.6) is 0 Å². The second kappa shape index (κ2) is 6.16. The molecule has 0 amide bonds. The Balaban J connectivity index is 1.95. The molecule has 0 saturated carbocycles. The summed E-state index contributed by atoms with van der Waals surface area (Å²) in [6.45, 7) is 10.8. The summed E-state index contributed by atoms with van der Waals surface area (Å²) in [5.41, 5.74) is 1.17. The van der Waals surface area contributed by atoms with Crippen molar-refractivity contribution in [2.45, 2.75) is 53.1 Å². The van der Waals surface area contributed by atoms with E-state index < -0.39 is 0 Å². The van der Waals surface area contributed by atoms with Gasteiger partial charge in [0.1, 0.15) is 0 Å². The number of nitrogens with one attached hydrogen (secondary N) is 1. The Hall–Kier alpha value is -0.710. The van der Waals surface area contributed by atoms with E-state index in [1.807, 2.05) is 11.3 Å². The molecule has 0 aliphatic rings. The molecular formula is C15H22N2S2. The zero-order valence-corrected chi connectivity index (χ0v) is 13.9. The number of rotatable bonds is 5. The van der Waals surface area contributed by atoms with Crippen LogP contribution in [0.2, 0.25) is 0 Å². The van der Waals surface area contributed by atoms with Gasteiger partial charge >= 0.3 is 0 Å². The van der Waals surface area contributed by atoms with Gasteiger partial charge in [-0.25, -0.2) is 4.98 Å². The highest BCUT2D eigenvalue weighted by atomic mass is 32.1. The number of thiophene rings is 1. The molecule has 0 saturated heterocycles. The molecule has 2 nitrogen and oxygen atoms in total. The maximum absolute atomic E-state index is 4.51. The number of aryl methyl sites for hydroxylation is 3. The number of hydrogen-bond acceptors (Lipinski definition) is 4. The van der Waals surface area contributed by atoms with Crippen LogP contribution in [0.3, 0.4) is 0 Å². The van der Waals surface area contributed by atoms with Crippen molar-refractivity contribution in [1.29, 1.82) is 0 Å². The Labute approximate surface area is 123 Å². The summed E-state index contributed by atoms with van der Waals surface area (Å²) in [5.74, 6) is 0. The van der Waals surface area contributed by atoms with Crippen molar-refractivity contribution >= 4 is 22.7 Å². The van der Waals surface area contributed by atoms with Gasteiger partial charge in [-0.3, -0.25) is 0 Å². The van der Waals surface area contributed by atoms with Crippen molar-refractivity contribution in [3.05, 3.63) is 37.5 Å². The summed E-state index contributed by atoms with van der Waals surface area (Å²) < 4.78 is 0. The first-order chi connectivity index (χ1) is 8.95. The van der Waals surface area contributed by atoms with Gasteiger partial charge in [-0.2, -0.15) is 0 Å². The van der Waals surface area contributed by atoms with Gasteiger partial charge in [-0.1, -0.05) is 0 Å². The molecule has 2 heterocycles. The molecule has 19 heavy (non-hydrogen) atoms. The van der Waals surface area contributed by atoms with Crippen LogP contribution in [0.15, 0.2) is 12.1 Å². The largest absolute Gasteiger partial charge is 0.307 e. The molecule has 1 N–H and O–H groups in total. The number of aromatic nitrogens is 1. The molecule has 2 unspecified atom stereocenters. The third-order valence-corrected chi connectivity index (χ3v) is 5.45. The van der Waals surface area contributed by atoms with Crippen molar-refractivity contribution < 1.29 is 0 Å². The van der Waals surface area contributed by atoms with Gasteiger partial charge in [0.25, 0.3) is 0 Å². The molecule has 104 valence electrons. The van der Waals surface area contributed by atoms with E-state index in [-0.39, 0.29) is 0 Å². The second-order valence-electron chi connectivity index (χ2n) is 5.19. The van der Waals surface area contributed by atoms with Crippen LogP contribution in [0, 0.1) is 20.8 Å². The number of nitrogens with zero attached hydrogens (tertiary/aromatic N) is 1. The molecule has 0 aliphatic heterocycles. The van der Waals surface area contributed by atoms with Gasteiger partial charge in [0.05, 0.1) is 10.7 Å². The highest BCUT2D eigenvalue weighted by molar-refractivity contribution is 7.12. The van der Waals surface area contributed by atoms with E-state index in [1.165, 1.54) is 20.3 Å². The van der Waals surface area contributed by atoms with Gasteiger partial charge in [0, 0.05) is 26.7 Å². The minimum Gasteiger partial charge on any atom is -0.307 e. The molecular weight excluding hydrogens is 272 g/mol. The van der Waals surface area contributed by atoms with Crippen molar-refractivity contribution in [1.82, 2.24) is 10.3 Å². The average Bonchev–Trinajstić information content (AvgIpc) is 2.84. The van der Waals surface area contributed by atoms with E-state index in [0.717, 1.165) is 11.4 Å². The summed E-state index contributed by atoms with van der Waals surface area (Å²) in [6, 6.07) is 5.30. The Morgan fingerprint density at radius 2 is 1.89 bits per heavy atom.